The number of unbranched alkanes of at least 4 members (excludes halogenated alkanes) is 5. The summed E-state index contributed by atoms with van der Waals surface area (Å²) in [5.74, 6) is 0.892. The lowest BCUT2D eigenvalue weighted by atomic mass is 10.1. The molecule has 0 spiro atoms. The molecule has 15 heavy (non-hydrogen) atoms. The number of nitrogens with two attached hydrogens (primary N) is 1. The van der Waals surface area contributed by atoms with Crippen molar-refractivity contribution in [2.24, 2.45) is 5.73 Å². The highest BCUT2D eigenvalue weighted by molar-refractivity contribution is 4.81. The third-order valence-electron chi connectivity index (χ3n) is 2.60. The van der Waals surface area contributed by atoms with Gasteiger partial charge in [-0.15, -0.1) is 0 Å². The highest BCUT2D eigenvalue weighted by Crippen LogP contribution is 2.06. The van der Waals surface area contributed by atoms with Crippen LogP contribution < -0.4 is 5.73 Å². The van der Waals surface area contributed by atoms with Crippen LogP contribution in [0.2, 0.25) is 0 Å². The molecule has 0 saturated carbocycles. The molecule has 86 valence electrons. The first-order chi connectivity index (χ1) is 7.38. The SMILES string of the molecule is CCCCCCCCn1ncnc1CN. The summed E-state index contributed by atoms with van der Waals surface area (Å²) in [6.45, 7) is 3.68. The predicted molar refractivity (Wildman–Crippen MR) is 61.3 cm³/mol. The highest BCUT2D eigenvalue weighted by atomic mass is 15.3. The van der Waals surface area contributed by atoms with Crippen molar-refractivity contribution in [3.05, 3.63) is 12.2 Å². The lowest BCUT2D eigenvalue weighted by Crippen LogP contribution is -2.10. The van der Waals surface area contributed by atoms with Crippen molar-refractivity contribution in [2.45, 2.75) is 58.5 Å². The maximum absolute atomic E-state index is 5.54. The van der Waals surface area contributed by atoms with Gasteiger partial charge in [-0.2, -0.15) is 5.10 Å². The molecule has 1 aromatic heterocycles. The van der Waals surface area contributed by atoms with E-state index < -0.39 is 0 Å². The van der Waals surface area contributed by atoms with E-state index in [4.69, 9.17) is 5.73 Å². The fourth-order valence-electron chi connectivity index (χ4n) is 1.67. The summed E-state index contributed by atoms with van der Waals surface area (Å²) in [7, 11) is 0. The molecule has 0 aromatic carbocycles. The molecule has 1 heterocycles. The second kappa shape index (κ2) is 7.40. The monoisotopic (exact) mass is 210 g/mol. The largest absolute Gasteiger partial charge is 0.324 e. The standard InChI is InChI=1S/C11H22N4/c1-2-3-4-5-6-7-8-15-11(9-12)13-10-14-15/h10H,2-9,12H2,1H3. The van der Waals surface area contributed by atoms with E-state index in [9.17, 15) is 0 Å². The zero-order valence-corrected chi connectivity index (χ0v) is 9.65. The zero-order valence-electron chi connectivity index (χ0n) is 9.65. The Kier molecular flexibility index (Phi) is 6.00. The van der Waals surface area contributed by atoms with Crippen LogP contribution >= 0.6 is 0 Å². The van der Waals surface area contributed by atoms with Gasteiger partial charge in [-0.3, -0.25) is 0 Å². The van der Waals surface area contributed by atoms with Crippen molar-refractivity contribution in [3.8, 4) is 0 Å². The number of rotatable bonds is 8. The van der Waals surface area contributed by atoms with Crippen LogP contribution in [0.15, 0.2) is 6.33 Å². The lowest BCUT2D eigenvalue weighted by molar-refractivity contribution is 0.511. The Bertz CT molecular complexity index is 257. The van der Waals surface area contributed by atoms with Crippen LogP contribution in [0.25, 0.3) is 0 Å². The molecule has 0 aliphatic rings. The van der Waals surface area contributed by atoms with Gasteiger partial charge in [-0.05, 0) is 6.42 Å². The number of nitrogens with zero attached hydrogens (tertiary/aromatic N) is 3. The predicted octanol–water partition coefficient (Wildman–Crippen LogP) is 2.10. The quantitative estimate of drug-likeness (QED) is 0.668. The van der Waals surface area contributed by atoms with E-state index in [-0.39, 0.29) is 0 Å². The summed E-state index contributed by atoms with van der Waals surface area (Å²) in [6, 6.07) is 0. The van der Waals surface area contributed by atoms with E-state index in [1.807, 2.05) is 4.68 Å². The Morgan fingerprint density at radius 2 is 1.93 bits per heavy atom. The third-order valence-corrected chi connectivity index (χ3v) is 2.60. The van der Waals surface area contributed by atoms with Crippen molar-refractivity contribution >= 4 is 0 Å². The van der Waals surface area contributed by atoms with Gasteiger partial charge in [0.2, 0.25) is 0 Å². The molecular formula is C11H22N4. The fourth-order valence-corrected chi connectivity index (χ4v) is 1.67. The fraction of sp³-hybridized carbons (Fsp3) is 0.818. The number of aromatic nitrogens is 3. The van der Waals surface area contributed by atoms with Gasteiger partial charge in [0.25, 0.3) is 0 Å². The maximum atomic E-state index is 5.54. The number of aryl methyl sites for hydroxylation is 1. The molecule has 0 aliphatic heterocycles. The first-order valence-corrected chi connectivity index (χ1v) is 5.95. The smallest absolute Gasteiger partial charge is 0.140 e. The maximum Gasteiger partial charge on any atom is 0.140 e. The second-order valence-electron chi connectivity index (χ2n) is 3.87. The van der Waals surface area contributed by atoms with Gasteiger partial charge in [0.15, 0.2) is 0 Å². The van der Waals surface area contributed by atoms with Gasteiger partial charge in [0.1, 0.15) is 12.2 Å². The Morgan fingerprint density at radius 1 is 1.20 bits per heavy atom. The van der Waals surface area contributed by atoms with Gasteiger partial charge in [-0.25, -0.2) is 9.67 Å². The number of hydrogen-bond acceptors (Lipinski definition) is 3. The Morgan fingerprint density at radius 3 is 2.67 bits per heavy atom. The lowest BCUT2D eigenvalue weighted by Gasteiger charge is -2.04. The Hall–Kier alpha value is -0.900. The van der Waals surface area contributed by atoms with Crippen molar-refractivity contribution in [2.75, 3.05) is 0 Å². The van der Waals surface area contributed by atoms with Crippen LogP contribution in [0.4, 0.5) is 0 Å². The van der Waals surface area contributed by atoms with Crippen LogP contribution in [0.3, 0.4) is 0 Å². The molecule has 4 heteroatoms. The van der Waals surface area contributed by atoms with Crippen molar-refractivity contribution < 1.29 is 0 Å². The van der Waals surface area contributed by atoms with E-state index in [2.05, 4.69) is 17.0 Å². The number of hydrogen-bond donors (Lipinski definition) is 1. The molecule has 1 rings (SSSR count). The van der Waals surface area contributed by atoms with E-state index in [0.29, 0.717) is 6.54 Å². The first-order valence-electron chi connectivity index (χ1n) is 5.95. The van der Waals surface area contributed by atoms with Gasteiger partial charge in [0, 0.05) is 6.54 Å². The molecular weight excluding hydrogens is 188 g/mol. The molecule has 0 unspecified atom stereocenters. The van der Waals surface area contributed by atoms with Crippen molar-refractivity contribution in [1.29, 1.82) is 0 Å². The molecule has 2 N–H and O–H groups in total. The zero-order chi connectivity index (χ0) is 10.9. The highest BCUT2D eigenvalue weighted by Gasteiger charge is 2.00. The Labute approximate surface area is 91.9 Å². The molecule has 0 amide bonds. The molecule has 0 aliphatic carbocycles. The minimum atomic E-state index is 0.482. The van der Waals surface area contributed by atoms with E-state index in [0.717, 1.165) is 12.4 Å². The van der Waals surface area contributed by atoms with Crippen molar-refractivity contribution in [1.82, 2.24) is 14.8 Å². The van der Waals surface area contributed by atoms with Crippen molar-refractivity contribution in [3.63, 3.8) is 0 Å². The minimum absolute atomic E-state index is 0.482. The average molecular weight is 210 g/mol. The van der Waals surface area contributed by atoms with Gasteiger partial charge < -0.3 is 5.73 Å². The average Bonchev–Trinajstić information content (AvgIpc) is 2.70. The van der Waals surface area contributed by atoms with Crippen LogP contribution in [0.1, 0.15) is 51.3 Å². The van der Waals surface area contributed by atoms with Gasteiger partial charge in [-0.1, -0.05) is 39.0 Å². The first kappa shape index (κ1) is 12.2. The minimum Gasteiger partial charge on any atom is -0.324 e. The summed E-state index contributed by atoms with van der Waals surface area (Å²) in [6.07, 6.45) is 9.40. The summed E-state index contributed by atoms with van der Waals surface area (Å²) in [4.78, 5) is 4.09. The normalized spacial score (nSPS) is 10.8. The molecule has 0 bridgehead atoms. The van der Waals surface area contributed by atoms with E-state index in [1.165, 1.54) is 38.5 Å². The summed E-state index contributed by atoms with van der Waals surface area (Å²) in [5.41, 5.74) is 5.54. The molecule has 0 fully saturated rings. The van der Waals surface area contributed by atoms with Crippen LogP contribution in [0.5, 0.6) is 0 Å². The third kappa shape index (κ3) is 4.42. The van der Waals surface area contributed by atoms with Crippen LogP contribution in [-0.4, -0.2) is 14.8 Å². The molecule has 0 radical (unpaired) electrons. The molecule has 1 aromatic rings. The molecule has 4 nitrogen and oxygen atoms in total. The van der Waals surface area contributed by atoms with Gasteiger partial charge >= 0.3 is 0 Å². The van der Waals surface area contributed by atoms with Crippen LogP contribution in [0, 0.1) is 0 Å². The molecule has 0 saturated heterocycles. The van der Waals surface area contributed by atoms with Crippen LogP contribution in [-0.2, 0) is 13.1 Å². The van der Waals surface area contributed by atoms with E-state index in [1.54, 1.807) is 6.33 Å². The topological polar surface area (TPSA) is 56.7 Å². The second-order valence-corrected chi connectivity index (χ2v) is 3.87. The summed E-state index contributed by atoms with van der Waals surface area (Å²) in [5, 5.41) is 4.15. The molecule has 0 atom stereocenters. The van der Waals surface area contributed by atoms with E-state index >= 15 is 0 Å². The Balaban J connectivity index is 2.09. The summed E-state index contributed by atoms with van der Waals surface area (Å²) >= 11 is 0. The summed E-state index contributed by atoms with van der Waals surface area (Å²) < 4.78 is 1.92. The van der Waals surface area contributed by atoms with Gasteiger partial charge in [0.05, 0.1) is 6.54 Å².